The molecule has 0 atom stereocenters. The summed E-state index contributed by atoms with van der Waals surface area (Å²) in [7, 11) is -1.83. The SMILES string of the molecule is CNCCCNS(=O)(=O)CCCC(F)(F)F. The van der Waals surface area contributed by atoms with E-state index in [0.29, 0.717) is 13.0 Å². The van der Waals surface area contributed by atoms with Crippen LogP contribution in [0.15, 0.2) is 0 Å². The lowest BCUT2D eigenvalue weighted by molar-refractivity contribution is -0.134. The fourth-order valence-corrected chi connectivity index (χ4v) is 2.15. The zero-order valence-corrected chi connectivity index (χ0v) is 9.92. The molecule has 2 N–H and O–H groups in total. The molecule has 0 heterocycles. The molecule has 0 spiro atoms. The average molecular weight is 262 g/mol. The number of sulfonamides is 1. The highest BCUT2D eigenvalue weighted by atomic mass is 32.2. The second-order valence-electron chi connectivity index (χ2n) is 3.39. The average Bonchev–Trinajstić information content (AvgIpc) is 2.10. The Bertz CT molecular complexity index is 277. The maximum atomic E-state index is 11.8. The first kappa shape index (κ1) is 15.7. The molecule has 98 valence electrons. The molecule has 0 saturated heterocycles. The van der Waals surface area contributed by atoms with Gasteiger partial charge in [-0.15, -0.1) is 0 Å². The Morgan fingerprint density at radius 3 is 2.25 bits per heavy atom. The fraction of sp³-hybridized carbons (Fsp3) is 1.00. The Morgan fingerprint density at radius 1 is 1.12 bits per heavy atom. The summed E-state index contributed by atoms with van der Waals surface area (Å²) in [4.78, 5) is 0. The van der Waals surface area contributed by atoms with Gasteiger partial charge in [0.1, 0.15) is 0 Å². The van der Waals surface area contributed by atoms with Crippen molar-refractivity contribution in [3.63, 3.8) is 0 Å². The Kier molecular flexibility index (Phi) is 6.93. The third kappa shape index (κ3) is 10.2. The molecule has 0 aliphatic rings. The van der Waals surface area contributed by atoms with Crippen LogP contribution < -0.4 is 10.0 Å². The van der Waals surface area contributed by atoms with E-state index < -0.39 is 34.8 Å². The van der Waals surface area contributed by atoms with E-state index in [-0.39, 0.29) is 6.54 Å². The molecule has 0 bridgehead atoms. The highest BCUT2D eigenvalue weighted by molar-refractivity contribution is 7.89. The molecule has 0 unspecified atom stereocenters. The fourth-order valence-electron chi connectivity index (χ4n) is 1.03. The van der Waals surface area contributed by atoms with Crippen LogP contribution in [0.2, 0.25) is 0 Å². The normalized spacial score (nSPS) is 13.0. The monoisotopic (exact) mass is 262 g/mol. The summed E-state index contributed by atoms with van der Waals surface area (Å²) in [6, 6.07) is 0. The van der Waals surface area contributed by atoms with Gasteiger partial charge in [0.15, 0.2) is 0 Å². The zero-order valence-electron chi connectivity index (χ0n) is 9.10. The van der Waals surface area contributed by atoms with E-state index >= 15 is 0 Å². The van der Waals surface area contributed by atoms with Gasteiger partial charge in [0.25, 0.3) is 0 Å². The number of alkyl halides is 3. The summed E-state index contributed by atoms with van der Waals surface area (Å²) in [5.41, 5.74) is 0. The molecule has 0 saturated carbocycles. The van der Waals surface area contributed by atoms with Crippen molar-refractivity contribution in [2.75, 3.05) is 25.9 Å². The Hall–Kier alpha value is -0.340. The van der Waals surface area contributed by atoms with E-state index in [1.807, 2.05) is 0 Å². The summed E-state index contributed by atoms with van der Waals surface area (Å²) in [6.45, 7) is 0.903. The van der Waals surface area contributed by atoms with Crippen LogP contribution in [-0.2, 0) is 10.0 Å². The Labute approximate surface area is 93.7 Å². The Morgan fingerprint density at radius 2 is 1.75 bits per heavy atom. The molecule has 16 heavy (non-hydrogen) atoms. The van der Waals surface area contributed by atoms with Crippen molar-refractivity contribution in [1.29, 1.82) is 0 Å². The van der Waals surface area contributed by atoms with E-state index in [0.717, 1.165) is 0 Å². The van der Waals surface area contributed by atoms with Crippen LogP contribution in [-0.4, -0.2) is 40.5 Å². The topological polar surface area (TPSA) is 58.2 Å². The van der Waals surface area contributed by atoms with Crippen molar-refractivity contribution in [1.82, 2.24) is 10.0 Å². The smallest absolute Gasteiger partial charge is 0.320 e. The number of nitrogens with one attached hydrogen (secondary N) is 2. The molecule has 0 aromatic rings. The van der Waals surface area contributed by atoms with Crippen molar-refractivity contribution in [2.24, 2.45) is 0 Å². The minimum absolute atomic E-state index is 0.245. The van der Waals surface area contributed by atoms with Crippen LogP contribution in [0.1, 0.15) is 19.3 Å². The van der Waals surface area contributed by atoms with Gasteiger partial charge in [-0.2, -0.15) is 13.2 Å². The van der Waals surface area contributed by atoms with E-state index in [2.05, 4.69) is 10.0 Å². The predicted octanol–water partition coefficient (Wildman–Crippen LogP) is 0.858. The molecule has 0 aliphatic heterocycles. The van der Waals surface area contributed by atoms with Gasteiger partial charge in [-0.1, -0.05) is 0 Å². The largest absolute Gasteiger partial charge is 0.389 e. The van der Waals surface area contributed by atoms with Gasteiger partial charge in [-0.25, -0.2) is 13.1 Å². The molecule has 0 aliphatic carbocycles. The van der Waals surface area contributed by atoms with Crippen LogP contribution in [0.5, 0.6) is 0 Å². The minimum Gasteiger partial charge on any atom is -0.320 e. The summed E-state index contributed by atoms with van der Waals surface area (Å²) in [5.74, 6) is -0.480. The van der Waals surface area contributed by atoms with Crippen molar-refractivity contribution in [3.05, 3.63) is 0 Å². The third-order valence-corrected chi connectivity index (χ3v) is 3.27. The summed E-state index contributed by atoms with van der Waals surface area (Å²) < 4.78 is 59.9. The minimum atomic E-state index is -4.29. The molecular weight excluding hydrogens is 245 g/mol. The van der Waals surface area contributed by atoms with E-state index in [9.17, 15) is 21.6 Å². The second-order valence-corrected chi connectivity index (χ2v) is 5.32. The molecule has 0 fully saturated rings. The summed E-state index contributed by atoms with van der Waals surface area (Å²) in [5, 5.41) is 2.83. The van der Waals surface area contributed by atoms with E-state index in [1.54, 1.807) is 7.05 Å². The third-order valence-electron chi connectivity index (χ3n) is 1.80. The number of hydrogen-bond donors (Lipinski definition) is 2. The second kappa shape index (κ2) is 7.08. The predicted molar refractivity (Wildman–Crippen MR) is 55.6 cm³/mol. The lowest BCUT2D eigenvalue weighted by Gasteiger charge is -2.08. The molecular formula is C8H17F3N2O2S. The molecule has 8 heteroatoms. The quantitative estimate of drug-likeness (QED) is 0.638. The van der Waals surface area contributed by atoms with Gasteiger partial charge in [0.2, 0.25) is 10.0 Å². The van der Waals surface area contributed by atoms with Gasteiger partial charge in [-0.05, 0) is 26.4 Å². The molecule has 0 aromatic carbocycles. The highest BCUT2D eigenvalue weighted by Gasteiger charge is 2.27. The lowest BCUT2D eigenvalue weighted by atomic mass is 10.3. The van der Waals surface area contributed by atoms with Gasteiger partial charge >= 0.3 is 6.18 Å². The maximum absolute atomic E-state index is 11.8. The van der Waals surface area contributed by atoms with Crippen LogP contribution in [0.3, 0.4) is 0 Å². The van der Waals surface area contributed by atoms with Crippen molar-refractivity contribution < 1.29 is 21.6 Å². The number of hydrogen-bond acceptors (Lipinski definition) is 3. The van der Waals surface area contributed by atoms with E-state index in [1.165, 1.54) is 0 Å². The Balaban J connectivity index is 3.71. The zero-order chi connectivity index (χ0) is 12.7. The summed E-state index contributed by atoms with van der Waals surface area (Å²) in [6.07, 6.45) is -5.15. The molecule has 0 radical (unpaired) electrons. The summed E-state index contributed by atoms with van der Waals surface area (Å²) >= 11 is 0. The van der Waals surface area contributed by atoms with Crippen LogP contribution >= 0.6 is 0 Å². The first-order chi connectivity index (χ1) is 7.27. The van der Waals surface area contributed by atoms with Gasteiger partial charge in [0, 0.05) is 13.0 Å². The van der Waals surface area contributed by atoms with Crippen LogP contribution in [0.25, 0.3) is 0 Å². The first-order valence-electron chi connectivity index (χ1n) is 4.95. The van der Waals surface area contributed by atoms with Crippen molar-refractivity contribution in [2.45, 2.75) is 25.4 Å². The molecule has 0 rings (SSSR count). The van der Waals surface area contributed by atoms with Crippen molar-refractivity contribution >= 4 is 10.0 Å². The molecule has 4 nitrogen and oxygen atoms in total. The first-order valence-corrected chi connectivity index (χ1v) is 6.61. The van der Waals surface area contributed by atoms with Gasteiger partial charge in [-0.3, -0.25) is 0 Å². The van der Waals surface area contributed by atoms with Gasteiger partial charge < -0.3 is 5.32 Å². The lowest BCUT2D eigenvalue weighted by Crippen LogP contribution is -2.29. The highest BCUT2D eigenvalue weighted by Crippen LogP contribution is 2.21. The standard InChI is InChI=1S/C8H17F3N2O2S/c1-12-5-3-6-13-16(14,15)7-2-4-8(9,10)11/h12-13H,2-7H2,1H3. The van der Waals surface area contributed by atoms with E-state index in [4.69, 9.17) is 0 Å². The van der Waals surface area contributed by atoms with Gasteiger partial charge in [0.05, 0.1) is 5.75 Å². The maximum Gasteiger partial charge on any atom is 0.389 e. The molecule has 0 amide bonds. The van der Waals surface area contributed by atoms with Crippen LogP contribution in [0, 0.1) is 0 Å². The molecule has 0 aromatic heterocycles. The van der Waals surface area contributed by atoms with Crippen LogP contribution in [0.4, 0.5) is 13.2 Å². The number of halogens is 3. The number of rotatable bonds is 8. The van der Waals surface area contributed by atoms with Crippen molar-refractivity contribution in [3.8, 4) is 0 Å².